The van der Waals surface area contributed by atoms with Crippen molar-refractivity contribution in [3.63, 3.8) is 0 Å². The standard InChI is InChI=1S/C10H14ClNO3/c1-6(11)9-7(13-2)5-8(14-3)12-10(9)15-4/h5-6H,1-4H3. The molecule has 0 bridgehead atoms. The molecule has 0 aliphatic rings. The fourth-order valence-electron chi connectivity index (χ4n) is 1.28. The van der Waals surface area contributed by atoms with Crippen LogP contribution in [0, 0.1) is 0 Å². The quantitative estimate of drug-likeness (QED) is 0.747. The number of rotatable bonds is 4. The molecule has 1 unspecified atom stereocenters. The summed E-state index contributed by atoms with van der Waals surface area (Å²) in [5, 5.41) is -0.242. The lowest BCUT2D eigenvalue weighted by atomic mass is 10.2. The molecule has 84 valence electrons. The maximum atomic E-state index is 6.03. The second kappa shape index (κ2) is 5.07. The number of nitrogens with zero attached hydrogens (tertiary/aromatic N) is 1. The van der Waals surface area contributed by atoms with E-state index in [0.29, 0.717) is 17.5 Å². The Morgan fingerprint density at radius 2 is 1.87 bits per heavy atom. The number of ether oxygens (including phenoxy) is 3. The third kappa shape index (κ3) is 2.45. The van der Waals surface area contributed by atoms with Gasteiger partial charge in [0.2, 0.25) is 11.8 Å². The minimum atomic E-state index is -0.242. The average molecular weight is 232 g/mol. The Hall–Kier alpha value is -1.16. The molecule has 0 saturated heterocycles. The van der Waals surface area contributed by atoms with Crippen LogP contribution in [0.2, 0.25) is 0 Å². The lowest BCUT2D eigenvalue weighted by Crippen LogP contribution is -2.01. The maximum Gasteiger partial charge on any atom is 0.224 e. The van der Waals surface area contributed by atoms with E-state index in [1.54, 1.807) is 13.2 Å². The number of alkyl halides is 1. The zero-order valence-corrected chi connectivity index (χ0v) is 9.96. The molecule has 1 rings (SSSR count). The number of halogens is 1. The molecule has 0 spiro atoms. The van der Waals surface area contributed by atoms with E-state index in [0.717, 1.165) is 5.56 Å². The molecule has 1 heterocycles. The molecule has 4 nitrogen and oxygen atoms in total. The van der Waals surface area contributed by atoms with Gasteiger partial charge >= 0.3 is 0 Å². The van der Waals surface area contributed by atoms with Gasteiger partial charge in [-0.15, -0.1) is 11.6 Å². The lowest BCUT2D eigenvalue weighted by molar-refractivity contribution is 0.345. The van der Waals surface area contributed by atoms with Crippen molar-refractivity contribution in [2.24, 2.45) is 0 Å². The molecule has 0 aliphatic carbocycles. The highest BCUT2D eigenvalue weighted by molar-refractivity contribution is 6.21. The zero-order valence-electron chi connectivity index (χ0n) is 9.20. The zero-order chi connectivity index (χ0) is 11.4. The SMILES string of the molecule is COc1cc(OC)c(C(C)Cl)c(OC)n1. The van der Waals surface area contributed by atoms with Gasteiger partial charge in [-0.2, -0.15) is 4.98 Å². The van der Waals surface area contributed by atoms with Gasteiger partial charge in [-0.05, 0) is 6.92 Å². The smallest absolute Gasteiger partial charge is 0.224 e. The summed E-state index contributed by atoms with van der Waals surface area (Å²) < 4.78 is 15.4. The van der Waals surface area contributed by atoms with Crippen LogP contribution in [-0.4, -0.2) is 26.3 Å². The fourth-order valence-corrected chi connectivity index (χ4v) is 1.48. The monoisotopic (exact) mass is 231 g/mol. The number of hydrogen-bond donors (Lipinski definition) is 0. The van der Waals surface area contributed by atoms with Crippen LogP contribution >= 0.6 is 11.6 Å². The van der Waals surface area contributed by atoms with Gasteiger partial charge in [-0.1, -0.05) is 0 Å². The van der Waals surface area contributed by atoms with Crippen LogP contribution < -0.4 is 14.2 Å². The van der Waals surface area contributed by atoms with Gasteiger partial charge in [-0.25, -0.2) is 0 Å². The van der Waals surface area contributed by atoms with Crippen molar-refractivity contribution in [2.75, 3.05) is 21.3 Å². The topological polar surface area (TPSA) is 40.6 Å². The van der Waals surface area contributed by atoms with Gasteiger partial charge in [0.15, 0.2) is 0 Å². The maximum absolute atomic E-state index is 6.03. The largest absolute Gasteiger partial charge is 0.496 e. The van der Waals surface area contributed by atoms with E-state index in [-0.39, 0.29) is 5.38 Å². The molecule has 0 radical (unpaired) electrons. The highest BCUT2D eigenvalue weighted by atomic mass is 35.5. The molecule has 0 aliphatic heterocycles. The third-order valence-electron chi connectivity index (χ3n) is 1.98. The van der Waals surface area contributed by atoms with E-state index < -0.39 is 0 Å². The van der Waals surface area contributed by atoms with Crippen LogP contribution in [0.25, 0.3) is 0 Å². The molecule has 15 heavy (non-hydrogen) atoms. The Morgan fingerprint density at radius 3 is 2.27 bits per heavy atom. The first-order valence-electron chi connectivity index (χ1n) is 4.45. The molecule has 1 aromatic rings. The van der Waals surface area contributed by atoms with Crippen molar-refractivity contribution in [3.05, 3.63) is 11.6 Å². The molecular weight excluding hydrogens is 218 g/mol. The molecule has 0 saturated carbocycles. The summed E-state index contributed by atoms with van der Waals surface area (Å²) in [6, 6.07) is 1.68. The van der Waals surface area contributed by atoms with Crippen LogP contribution in [0.1, 0.15) is 17.9 Å². The molecule has 1 atom stereocenters. The first-order valence-corrected chi connectivity index (χ1v) is 4.88. The van der Waals surface area contributed by atoms with Gasteiger partial charge in [0.25, 0.3) is 0 Å². The first-order chi connectivity index (χ1) is 7.13. The number of pyridine rings is 1. The van der Waals surface area contributed by atoms with Crippen LogP contribution in [0.3, 0.4) is 0 Å². The second-order valence-electron chi connectivity index (χ2n) is 2.91. The van der Waals surface area contributed by atoms with E-state index in [2.05, 4.69) is 4.98 Å². The summed E-state index contributed by atoms with van der Waals surface area (Å²) >= 11 is 6.03. The first kappa shape index (κ1) is 11.9. The van der Waals surface area contributed by atoms with Gasteiger partial charge in [0.1, 0.15) is 5.75 Å². The minimum Gasteiger partial charge on any atom is -0.496 e. The Labute approximate surface area is 94.1 Å². The number of aromatic nitrogens is 1. The van der Waals surface area contributed by atoms with Crippen LogP contribution in [0.4, 0.5) is 0 Å². The van der Waals surface area contributed by atoms with Crippen molar-refractivity contribution in [1.82, 2.24) is 4.98 Å². The van der Waals surface area contributed by atoms with E-state index >= 15 is 0 Å². The fraction of sp³-hybridized carbons (Fsp3) is 0.500. The molecule has 0 fully saturated rings. The summed E-state index contributed by atoms with van der Waals surface area (Å²) in [6.45, 7) is 1.83. The van der Waals surface area contributed by atoms with Crippen molar-refractivity contribution in [1.29, 1.82) is 0 Å². The second-order valence-corrected chi connectivity index (χ2v) is 3.56. The summed E-state index contributed by atoms with van der Waals surface area (Å²) in [5.41, 5.74) is 0.725. The van der Waals surface area contributed by atoms with E-state index in [1.165, 1.54) is 14.2 Å². The Bertz CT molecular complexity index is 316. The van der Waals surface area contributed by atoms with E-state index in [1.807, 2.05) is 6.92 Å². The summed E-state index contributed by atoms with van der Waals surface area (Å²) in [4.78, 5) is 4.13. The lowest BCUT2D eigenvalue weighted by Gasteiger charge is -2.14. The Morgan fingerprint density at radius 1 is 1.20 bits per heavy atom. The van der Waals surface area contributed by atoms with Gasteiger partial charge < -0.3 is 14.2 Å². The van der Waals surface area contributed by atoms with Crippen LogP contribution in [0.15, 0.2) is 6.07 Å². The van der Waals surface area contributed by atoms with Gasteiger partial charge in [0, 0.05) is 6.07 Å². The minimum absolute atomic E-state index is 0.242. The van der Waals surface area contributed by atoms with Gasteiger partial charge in [-0.3, -0.25) is 0 Å². The van der Waals surface area contributed by atoms with Crippen molar-refractivity contribution in [2.45, 2.75) is 12.3 Å². The number of methoxy groups -OCH3 is 3. The van der Waals surface area contributed by atoms with E-state index in [4.69, 9.17) is 25.8 Å². The summed E-state index contributed by atoms with van der Waals surface area (Å²) in [5.74, 6) is 1.47. The molecule has 0 amide bonds. The Balaban J connectivity index is 3.32. The predicted molar refractivity (Wildman–Crippen MR) is 58.2 cm³/mol. The third-order valence-corrected chi connectivity index (χ3v) is 2.20. The summed E-state index contributed by atoms with van der Waals surface area (Å²) in [6.07, 6.45) is 0. The molecule has 5 heteroatoms. The normalized spacial score (nSPS) is 12.1. The van der Waals surface area contributed by atoms with Gasteiger partial charge in [0.05, 0.1) is 32.3 Å². The highest BCUT2D eigenvalue weighted by Gasteiger charge is 2.18. The number of hydrogen-bond acceptors (Lipinski definition) is 4. The van der Waals surface area contributed by atoms with E-state index in [9.17, 15) is 0 Å². The summed E-state index contributed by atoms with van der Waals surface area (Å²) in [7, 11) is 4.63. The Kier molecular flexibility index (Phi) is 4.03. The molecule has 0 aromatic carbocycles. The predicted octanol–water partition coefficient (Wildman–Crippen LogP) is 2.41. The average Bonchev–Trinajstić information content (AvgIpc) is 2.26. The van der Waals surface area contributed by atoms with Crippen LogP contribution in [0.5, 0.6) is 17.5 Å². The van der Waals surface area contributed by atoms with Crippen molar-refractivity contribution >= 4 is 11.6 Å². The molecular formula is C10H14ClNO3. The van der Waals surface area contributed by atoms with Crippen LogP contribution in [-0.2, 0) is 0 Å². The van der Waals surface area contributed by atoms with Crippen molar-refractivity contribution < 1.29 is 14.2 Å². The molecule has 0 N–H and O–H groups in total. The van der Waals surface area contributed by atoms with Crippen molar-refractivity contribution in [3.8, 4) is 17.5 Å². The highest BCUT2D eigenvalue weighted by Crippen LogP contribution is 2.37. The molecule has 1 aromatic heterocycles.